The number of amides is 1. The van der Waals surface area contributed by atoms with Crippen LogP contribution in [0.3, 0.4) is 0 Å². The predicted octanol–water partition coefficient (Wildman–Crippen LogP) is 4.28. The number of aryl methyl sites for hydroxylation is 2. The molecule has 1 aromatic heterocycles. The summed E-state index contributed by atoms with van der Waals surface area (Å²) in [5, 5.41) is 3.26. The minimum atomic E-state index is -0.273. The highest BCUT2D eigenvalue weighted by molar-refractivity contribution is 9.10. The molecule has 1 aromatic carbocycles. The topological polar surface area (TPSA) is 54.9 Å². The van der Waals surface area contributed by atoms with E-state index in [1.54, 1.807) is 0 Å². The second-order valence-corrected chi connectivity index (χ2v) is 7.28. The van der Waals surface area contributed by atoms with E-state index in [0.29, 0.717) is 5.16 Å². The number of rotatable bonds is 4. The van der Waals surface area contributed by atoms with Crippen molar-refractivity contribution in [3.05, 3.63) is 45.7 Å². The average molecular weight is 380 g/mol. The number of carbonyl (C=O) groups excluding carboxylic acids is 1. The first-order chi connectivity index (χ1) is 10.4. The molecular weight excluding hydrogens is 362 g/mol. The van der Waals surface area contributed by atoms with Crippen molar-refractivity contribution in [3.63, 3.8) is 0 Å². The minimum absolute atomic E-state index is 0.0631. The number of thioether (sulfide) groups is 1. The maximum Gasteiger partial charge on any atom is 0.237 e. The highest BCUT2D eigenvalue weighted by atomic mass is 79.9. The van der Waals surface area contributed by atoms with Crippen LogP contribution in [0.4, 0.5) is 5.69 Å². The normalized spacial score (nSPS) is 12.0. The fraction of sp³-hybridized carbons (Fsp3) is 0.312. The van der Waals surface area contributed by atoms with Crippen LogP contribution in [0.5, 0.6) is 0 Å². The van der Waals surface area contributed by atoms with Gasteiger partial charge in [-0.1, -0.05) is 27.7 Å². The number of nitrogens with zero attached hydrogens (tertiary/aromatic N) is 2. The van der Waals surface area contributed by atoms with Crippen molar-refractivity contribution in [1.29, 1.82) is 0 Å². The van der Waals surface area contributed by atoms with E-state index >= 15 is 0 Å². The Morgan fingerprint density at radius 3 is 2.23 bits per heavy atom. The molecule has 1 N–H and O–H groups in total. The summed E-state index contributed by atoms with van der Waals surface area (Å²) in [5.41, 5.74) is 3.78. The average Bonchev–Trinajstić information content (AvgIpc) is 2.47. The van der Waals surface area contributed by atoms with Gasteiger partial charge in [0.05, 0.1) is 5.25 Å². The number of anilines is 1. The Hall–Kier alpha value is -1.40. The van der Waals surface area contributed by atoms with E-state index in [1.807, 2.05) is 52.0 Å². The van der Waals surface area contributed by atoms with Crippen LogP contribution in [-0.4, -0.2) is 21.1 Å². The van der Waals surface area contributed by atoms with E-state index < -0.39 is 0 Å². The zero-order chi connectivity index (χ0) is 16.3. The molecule has 0 aliphatic heterocycles. The summed E-state index contributed by atoms with van der Waals surface area (Å²) in [7, 11) is 0. The quantitative estimate of drug-likeness (QED) is 0.635. The molecule has 0 aliphatic rings. The van der Waals surface area contributed by atoms with Crippen LogP contribution in [0, 0.1) is 20.8 Å². The Bertz CT molecular complexity index is 665. The van der Waals surface area contributed by atoms with Gasteiger partial charge in [0.25, 0.3) is 0 Å². The lowest BCUT2D eigenvalue weighted by Crippen LogP contribution is -2.22. The van der Waals surface area contributed by atoms with Crippen LogP contribution in [0.25, 0.3) is 0 Å². The van der Waals surface area contributed by atoms with Gasteiger partial charge < -0.3 is 5.32 Å². The molecule has 1 atom stereocenters. The lowest BCUT2D eigenvalue weighted by Gasteiger charge is -2.12. The van der Waals surface area contributed by atoms with Crippen LogP contribution in [0.1, 0.15) is 23.9 Å². The van der Waals surface area contributed by atoms with Gasteiger partial charge in [-0.05, 0) is 57.5 Å². The highest BCUT2D eigenvalue weighted by Crippen LogP contribution is 2.23. The Morgan fingerprint density at radius 2 is 1.68 bits per heavy atom. The van der Waals surface area contributed by atoms with Crippen LogP contribution in [0.2, 0.25) is 0 Å². The fourth-order valence-corrected chi connectivity index (χ4v) is 2.91. The molecule has 0 fully saturated rings. The zero-order valence-electron chi connectivity index (χ0n) is 13.0. The van der Waals surface area contributed by atoms with Gasteiger partial charge in [-0.15, -0.1) is 0 Å². The van der Waals surface area contributed by atoms with Gasteiger partial charge in [0.1, 0.15) is 0 Å². The van der Waals surface area contributed by atoms with Gasteiger partial charge in [0.15, 0.2) is 5.16 Å². The number of nitrogens with one attached hydrogen (secondary N) is 1. The summed E-state index contributed by atoms with van der Waals surface area (Å²) in [4.78, 5) is 21.1. The fourth-order valence-electron chi connectivity index (χ4n) is 1.78. The molecule has 0 spiro atoms. The van der Waals surface area contributed by atoms with E-state index in [4.69, 9.17) is 0 Å². The molecular formula is C16H18BrN3OS. The lowest BCUT2D eigenvalue weighted by atomic mass is 10.2. The van der Waals surface area contributed by atoms with Crippen LogP contribution in [0.15, 0.2) is 33.9 Å². The Morgan fingerprint density at radius 1 is 1.14 bits per heavy atom. The van der Waals surface area contributed by atoms with Crippen LogP contribution in [-0.2, 0) is 4.79 Å². The van der Waals surface area contributed by atoms with E-state index in [1.165, 1.54) is 11.8 Å². The summed E-state index contributed by atoms with van der Waals surface area (Å²) in [6, 6.07) is 7.50. The summed E-state index contributed by atoms with van der Waals surface area (Å²) < 4.78 is 0.979. The summed E-state index contributed by atoms with van der Waals surface area (Å²) in [5.74, 6) is -0.0631. The van der Waals surface area contributed by atoms with Crippen molar-refractivity contribution in [3.8, 4) is 0 Å². The maximum absolute atomic E-state index is 12.2. The number of carbonyl (C=O) groups is 1. The summed E-state index contributed by atoms with van der Waals surface area (Å²) in [6.45, 7) is 7.77. The molecule has 116 valence electrons. The number of benzene rings is 1. The number of aromatic nitrogens is 2. The van der Waals surface area contributed by atoms with Crippen molar-refractivity contribution < 1.29 is 4.79 Å². The van der Waals surface area contributed by atoms with Gasteiger partial charge in [0, 0.05) is 21.5 Å². The van der Waals surface area contributed by atoms with Crippen LogP contribution < -0.4 is 5.32 Å². The molecule has 0 bridgehead atoms. The smallest absolute Gasteiger partial charge is 0.237 e. The van der Waals surface area contributed by atoms with Crippen molar-refractivity contribution in [2.24, 2.45) is 0 Å². The predicted molar refractivity (Wildman–Crippen MR) is 94.3 cm³/mol. The third-order valence-electron chi connectivity index (χ3n) is 3.38. The molecule has 4 nitrogen and oxygen atoms in total. The molecule has 6 heteroatoms. The Balaban J connectivity index is 2.03. The molecule has 1 heterocycles. The second kappa shape index (κ2) is 7.24. The highest BCUT2D eigenvalue weighted by Gasteiger charge is 2.17. The monoisotopic (exact) mass is 379 g/mol. The molecule has 2 rings (SSSR count). The number of hydrogen-bond donors (Lipinski definition) is 1. The second-order valence-electron chi connectivity index (χ2n) is 5.06. The first-order valence-electron chi connectivity index (χ1n) is 6.91. The molecule has 22 heavy (non-hydrogen) atoms. The first-order valence-corrected chi connectivity index (χ1v) is 8.59. The third-order valence-corrected chi connectivity index (χ3v) is 4.86. The van der Waals surface area contributed by atoms with Gasteiger partial charge in [-0.2, -0.15) is 0 Å². The minimum Gasteiger partial charge on any atom is -0.325 e. The molecule has 0 saturated heterocycles. The molecule has 0 radical (unpaired) electrons. The first kappa shape index (κ1) is 17.0. The van der Waals surface area contributed by atoms with E-state index in [-0.39, 0.29) is 11.2 Å². The summed E-state index contributed by atoms with van der Waals surface area (Å²) in [6.07, 6.45) is 0. The van der Waals surface area contributed by atoms with Gasteiger partial charge in [-0.3, -0.25) is 4.79 Å². The molecule has 0 aliphatic carbocycles. The van der Waals surface area contributed by atoms with Crippen molar-refractivity contribution >= 4 is 39.3 Å². The molecule has 0 saturated carbocycles. The van der Waals surface area contributed by atoms with E-state index in [2.05, 4.69) is 31.2 Å². The molecule has 1 amide bonds. The van der Waals surface area contributed by atoms with E-state index in [9.17, 15) is 4.79 Å². The maximum atomic E-state index is 12.2. The molecule has 2 aromatic rings. The Labute approximate surface area is 143 Å². The van der Waals surface area contributed by atoms with Gasteiger partial charge >= 0.3 is 0 Å². The third kappa shape index (κ3) is 4.30. The van der Waals surface area contributed by atoms with Gasteiger partial charge in [-0.25, -0.2) is 9.97 Å². The lowest BCUT2D eigenvalue weighted by molar-refractivity contribution is -0.115. The SMILES string of the molecule is Cc1nc(S[C@H](C)C(=O)Nc2ccc(Br)cc2)nc(C)c1C. The van der Waals surface area contributed by atoms with Crippen molar-refractivity contribution in [2.45, 2.75) is 38.1 Å². The standard InChI is InChI=1S/C16H18BrN3OS/c1-9-10(2)18-16(19-11(9)3)22-12(4)15(21)20-14-7-5-13(17)6-8-14/h5-8,12H,1-4H3,(H,20,21)/t12-/m1/s1. The van der Waals surface area contributed by atoms with Gasteiger partial charge in [0.2, 0.25) is 5.91 Å². The van der Waals surface area contributed by atoms with Crippen molar-refractivity contribution in [2.75, 3.05) is 5.32 Å². The Kier molecular flexibility index (Phi) is 5.58. The van der Waals surface area contributed by atoms with Crippen LogP contribution >= 0.6 is 27.7 Å². The summed E-state index contributed by atoms with van der Waals surface area (Å²) >= 11 is 4.74. The molecule has 0 unspecified atom stereocenters. The van der Waals surface area contributed by atoms with Crippen molar-refractivity contribution in [1.82, 2.24) is 9.97 Å². The van der Waals surface area contributed by atoms with E-state index in [0.717, 1.165) is 27.1 Å². The zero-order valence-corrected chi connectivity index (χ0v) is 15.4. The number of hydrogen-bond acceptors (Lipinski definition) is 4. The largest absolute Gasteiger partial charge is 0.325 e. The number of halogens is 1.